The summed E-state index contributed by atoms with van der Waals surface area (Å²) in [5.74, 6) is -0.209. The topological polar surface area (TPSA) is 12.9 Å². The highest BCUT2D eigenvalue weighted by molar-refractivity contribution is 6.05. The number of pyridine rings is 1. The van der Waals surface area contributed by atoms with Crippen LogP contribution < -0.4 is 0 Å². The van der Waals surface area contributed by atoms with Gasteiger partial charge in [-0.15, -0.1) is 0 Å². The van der Waals surface area contributed by atoms with Crippen molar-refractivity contribution >= 4 is 21.7 Å². The van der Waals surface area contributed by atoms with Crippen LogP contribution in [0.25, 0.3) is 21.7 Å². The highest BCUT2D eigenvalue weighted by Gasteiger charge is 2.05. The highest BCUT2D eigenvalue weighted by atomic mass is 19.1. The van der Waals surface area contributed by atoms with Crippen LogP contribution in [0.4, 0.5) is 4.39 Å². The number of nitrogens with zero attached hydrogens (tertiary/aromatic N) is 1. The molecule has 0 aliphatic heterocycles. The fourth-order valence-corrected chi connectivity index (χ4v) is 2.04. The van der Waals surface area contributed by atoms with Gasteiger partial charge in [-0.05, 0) is 30.5 Å². The summed E-state index contributed by atoms with van der Waals surface area (Å²) in [7, 11) is 0. The second-order valence-electron chi connectivity index (χ2n) is 3.98. The van der Waals surface area contributed by atoms with Gasteiger partial charge in [0.05, 0.1) is 5.52 Å². The van der Waals surface area contributed by atoms with Gasteiger partial charge in [-0.2, -0.15) is 0 Å². The average Bonchev–Trinajstić information content (AvgIpc) is 2.29. The number of benzene rings is 2. The number of aromatic nitrogens is 1. The quantitative estimate of drug-likeness (QED) is 0.515. The summed E-state index contributed by atoms with van der Waals surface area (Å²) >= 11 is 0. The summed E-state index contributed by atoms with van der Waals surface area (Å²) in [4.78, 5) is 4.27. The minimum atomic E-state index is -0.209. The minimum Gasteiger partial charge on any atom is -0.255 e. The molecule has 3 aromatic rings. The first-order chi connectivity index (χ1) is 7.75. The molecule has 3 rings (SSSR count). The molecule has 0 unspecified atom stereocenters. The molecule has 0 aliphatic carbocycles. The molecule has 0 spiro atoms. The molecular formula is C14H10FN. The number of rotatable bonds is 0. The van der Waals surface area contributed by atoms with Gasteiger partial charge in [-0.1, -0.05) is 23.8 Å². The van der Waals surface area contributed by atoms with Crippen molar-refractivity contribution < 1.29 is 4.39 Å². The maximum Gasteiger partial charge on any atom is 0.133 e. The van der Waals surface area contributed by atoms with Crippen molar-refractivity contribution in [2.24, 2.45) is 0 Å². The van der Waals surface area contributed by atoms with E-state index in [4.69, 9.17) is 0 Å². The molecule has 0 radical (unpaired) electrons. The van der Waals surface area contributed by atoms with Gasteiger partial charge in [0.15, 0.2) is 0 Å². The number of hydrogen-bond donors (Lipinski definition) is 0. The lowest BCUT2D eigenvalue weighted by Crippen LogP contribution is -1.86. The number of halogens is 1. The molecule has 0 fully saturated rings. The maximum absolute atomic E-state index is 13.8. The van der Waals surface area contributed by atoms with Crippen LogP contribution in [0.15, 0.2) is 42.6 Å². The van der Waals surface area contributed by atoms with Gasteiger partial charge in [0.1, 0.15) is 5.82 Å². The third-order valence-electron chi connectivity index (χ3n) is 2.81. The van der Waals surface area contributed by atoms with Gasteiger partial charge in [0.25, 0.3) is 0 Å². The third-order valence-corrected chi connectivity index (χ3v) is 2.81. The lowest BCUT2D eigenvalue weighted by molar-refractivity contribution is 0.640. The SMILES string of the molecule is Cc1ccc2c(cnc3cccc(F)c32)c1. The van der Waals surface area contributed by atoms with Crippen molar-refractivity contribution in [1.82, 2.24) is 4.98 Å². The van der Waals surface area contributed by atoms with Gasteiger partial charge < -0.3 is 0 Å². The van der Waals surface area contributed by atoms with Crippen LogP contribution in [0, 0.1) is 12.7 Å². The molecule has 0 bridgehead atoms. The smallest absolute Gasteiger partial charge is 0.133 e. The summed E-state index contributed by atoms with van der Waals surface area (Å²) in [6.07, 6.45) is 1.80. The zero-order valence-electron chi connectivity index (χ0n) is 8.87. The fourth-order valence-electron chi connectivity index (χ4n) is 2.04. The summed E-state index contributed by atoms with van der Waals surface area (Å²) < 4.78 is 13.8. The average molecular weight is 211 g/mol. The van der Waals surface area contributed by atoms with Crippen molar-refractivity contribution in [3.05, 3.63) is 54.0 Å². The molecule has 0 aliphatic rings. The standard InChI is InChI=1S/C14H10FN/c1-9-5-6-11-10(7-9)8-16-13-4-2-3-12(15)14(11)13/h2-8H,1H3. The zero-order valence-corrected chi connectivity index (χ0v) is 8.87. The zero-order chi connectivity index (χ0) is 11.1. The van der Waals surface area contributed by atoms with Crippen molar-refractivity contribution in [2.75, 3.05) is 0 Å². The Balaban J connectivity index is 2.58. The van der Waals surface area contributed by atoms with E-state index in [0.717, 1.165) is 16.3 Å². The largest absolute Gasteiger partial charge is 0.255 e. The van der Waals surface area contributed by atoms with Crippen LogP contribution >= 0.6 is 0 Å². The Morgan fingerprint density at radius 1 is 1.12 bits per heavy atom. The monoisotopic (exact) mass is 211 g/mol. The lowest BCUT2D eigenvalue weighted by atomic mass is 10.0. The summed E-state index contributed by atoms with van der Waals surface area (Å²) in [6, 6.07) is 11.0. The Morgan fingerprint density at radius 3 is 2.88 bits per heavy atom. The number of fused-ring (bicyclic) bond motifs is 3. The maximum atomic E-state index is 13.8. The van der Waals surface area contributed by atoms with E-state index in [0.29, 0.717) is 10.9 Å². The van der Waals surface area contributed by atoms with E-state index < -0.39 is 0 Å². The molecule has 0 saturated heterocycles. The molecule has 0 amide bonds. The van der Waals surface area contributed by atoms with Gasteiger partial charge in [0.2, 0.25) is 0 Å². The van der Waals surface area contributed by atoms with Crippen molar-refractivity contribution in [3.63, 3.8) is 0 Å². The molecular weight excluding hydrogens is 201 g/mol. The predicted molar refractivity (Wildman–Crippen MR) is 63.9 cm³/mol. The van der Waals surface area contributed by atoms with Gasteiger partial charge in [-0.25, -0.2) is 4.39 Å². The molecule has 2 heteroatoms. The molecule has 78 valence electrons. The van der Waals surface area contributed by atoms with E-state index in [1.807, 2.05) is 31.2 Å². The summed E-state index contributed by atoms with van der Waals surface area (Å²) in [5, 5.41) is 2.52. The van der Waals surface area contributed by atoms with Crippen LogP contribution in [0.5, 0.6) is 0 Å². The summed E-state index contributed by atoms with van der Waals surface area (Å²) in [5.41, 5.74) is 1.86. The first-order valence-corrected chi connectivity index (χ1v) is 5.19. The van der Waals surface area contributed by atoms with E-state index in [1.165, 1.54) is 6.07 Å². The molecule has 0 N–H and O–H groups in total. The van der Waals surface area contributed by atoms with E-state index in [9.17, 15) is 4.39 Å². The molecule has 0 atom stereocenters. The molecule has 1 heterocycles. The molecule has 1 nitrogen and oxygen atoms in total. The number of aryl methyl sites for hydroxylation is 1. The van der Waals surface area contributed by atoms with Gasteiger partial charge >= 0.3 is 0 Å². The van der Waals surface area contributed by atoms with Crippen LogP contribution in [-0.4, -0.2) is 4.98 Å². The lowest BCUT2D eigenvalue weighted by Gasteiger charge is -2.04. The molecule has 0 saturated carbocycles. The molecule has 2 aromatic carbocycles. The molecule has 1 aromatic heterocycles. The first kappa shape index (κ1) is 9.28. The Bertz CT molecular complexity index is 689. The Hall–Kier alpha value is -1.96. The van der Waals surface area contributed by atoms with Crippen molar-refractivity contribution in [1.29, 1.82) is 0 Å². The van der Waals surface area contributed by atoms with E-state index in [-0.39, 0.29) is 5.82 Å². The van der Waals surface area contributed by atoms with Crippen molar-refractivity contribution in [3.8, 4) is 0 Å². The second kappa shape index (κ2) is 3.27. The van der Waals surface area contributed by atoms with Crippen LogP contribution in [0.1, 0.15) is 5.56 Å². The predicted octanol–water partition coefficient (Wildman–Crippen LogP) is 3.84. The first-order valence-electron chi connectivity index (χ1n) is 5.19. The van der Waals surface area contributed by atoms with Crippen molar-refractivity contribution in [2.45, 2.75) is 6.92 Å². The summed E-state index contributed by atoms with van der Waals surface area (Å²) in [6.45, 7) is 2.02. The van der Waals surface area contributed by atoms with Crippen LogP contribution in [0.2, 0.25) is 0 Å². The number of hydrogen-bond acceptors (Lipinski definition) is 1. The Labute approximate surface area is 92.5 Å². The molecule has 16 heavy (non-hydrogen) atoms. The van der Waals surface area contributed by atoms with Crippen LogP contribution in [-0.2, 0) is 0 Å². The second-order valence-corrected chi connectivity index (χ2v) is 3.98. The fraction of sp³-hybridized carbons (Fsp3) is 0.0714. The Morgan fingerprint density at radius 2 is 2.00 bits per heavy atom. The Kier molecular flexibility index (Phi) is 1.90. The minimum absolute atomic E-state index is 0.209. The van der Waals surface area contributed by atoms with Crippen LogP contribution in [0.3, 0.4) is 0 Å². The highest BCUT2D eigenvalue weighted by Crippen LogP contribution is 2.26. The van der Waals surface area contributed by atoms with E-state index >= 15 is 0 Å². The van der Waals surface area contributed by atoms with E-state index in [2.05, 4.69) is 4.98 Å². The normalized spacial score (nSPS) is 11.1. The van der Waals surface area contributed by atoms with Gasteiger partial charge in [-0.3, -0.25) is 4.98 Å². The van der Waals surface area contributed by atoms with E-state index in [1.54, 1.807) is 12.3 Å². The van der Waals surface area contributed by atoms with Gasteiger partial charge in [0, 0.05) is 17.0 Å². The third kappa shape index (κ3) is 1.27.